The highest BCUT2D eigenvalue weighted by Crippen LogP contribution is 2.40. The Morgan fingerprint density at radius 2 is 0.705 bits per heavy atom. The number of aromatic amines is 7. The Hall–Kier alpha value is -17.6. The van der Waals surface area contributed by atoms with E-state index in [2.05, 4.69) is 162 Å². The summed E-state index contributed by atoms with van der Waals surface area (Å²) in [5.41, 5.74) is 40.8. The number of fused-ring (bicyclic) bond motifs is 5. The van der Waals surface area contributed by atoms with Gasteiger partial charge in [0.1, 0.15) is 118 Å². The highest BCUT2D eigenvalue weighted by atomic mass is 35.5. The van der Waals surface area contributed by atoms with Crippen LogP contribution in [0.3, 0.4) is 0 Å². The molecule has 20 aromatic rings. The van der Waals surface area contributed by atoms with Crippen LogP contribution in [-0.2, 0) is 14.1 Å². The smallest absolute Gasteiger partial charge is 0.183 e. The molecule has 50 heteroatoms. The number of nitriles is 5. The van der Waals surface area contributed by atoms with Crippen molar-refractivity contribution in [3.63, 3.8) is 0 Å². The lowest BCUT2D eigenvalue weighted by Crippen LogP contribution is -2.07. The van der Waals surface area contributed by atoms with Crippen LogP contribution in [-0.4, -0.2) is 176 Å². The molecule has 45 nitrogen and oxygen atoms in total. The van der Waals surface area contributed by atoms with Crippen LogP contribution in [0.4, 0.5) is 29.1 Å². The van der Waals surface area contributed by atoms with Crippen molar-refractivity contribution in [1.82, 2.24) is 176 Å². The van der Waals surface area contributed by atoms with Gasteiger partial charge in [-0.15, -0.1) is 10.2 Å². The van der Waals surface area contributed by atoms with Gasteiger partial charge in [-0.05, 0) is 60.7 Å². The van der Waals surface area contributed by atoms with Crippen LogP contribution in [0, 0.1) is 56.7 Å². The van der Waals surface area contributed by atoms with Crippen LogP contribution in [0.2, 0.25) is 25.1 Å². The number of hydrogen-bond donors (Lipinski definition) is 12. The van der Waals surface area contributed by atoms with Gasteiger partial charge in [-0.2, -0.15) is 92.4 Å². The SMILES string of the molecule is Cn1ncc(-c2nc(N)c(C#N)nc2-c2cc(Cl)c3[nH]ncc3c2)n1.Cn1ncnc1-c1nc(N)c(C#N)nc1-c1cc(Cl)c2[nH]ncc2c1.N#Cc1nc(-c2cc(Cl)c3[nH]ncc3c2)c(-c2cn[nH]n2)nc1N.N#Cc1nc(-c2cc(Cl)c3[nH]ncc3c2)c(-c2ncn[nH]2)nc1N.N#Cc1nc(-c2cc(Cl)c3[nH]ncc3c2)c(-n2cnnc2)nc1N. The third kappa shape index (κ3) is 15.3. The van der Waals surface area contributed by atoms with Crippen molar-refractivity contribution in [2.45, 2.75) is 0 Å². The number of anilines is 5. The lowest BCUT2D eigenvalue weighted by molar-refractivity contribution is 0.655. The van der Waals surface area contributed by atoms with E-state index in [1.165, 1.54) is 36.3 Å². The van der Waals surface area contributed by atoms with Crippen molar-refractivity contribution in [2.24, 2.45) is 14.1 Å². The quantitative estimate of drug-likeness (QED) is 0.0606. The number of nitrogen functional groups attached to an aromatic ring is 5. The molecule has 17 N–H and O–H groups in total. The van der Waals surface area contributed by atoms with Gasteiger partial charge in [0, 0.05) is 68.8 Å². The van der Waals surface area contributed by atoms with Gasteiger partial charge >= 0.3 is 0 Å². The van der Waals surface area contributed by atoms with E-state index < -0.39 is 0 Å². The van der Waals surface area contributed by atoms with Gasteiger partial charge in [0.05, 0.1) is 96.1 Å². The van der Waals surface area contributed by atoms with E-state index >= 15 is 0 Å². The second-order valence-corrected chi connectivity index (χ2v) is 27.3. The molecule has 592 valence electrons. The number of aryl methyl sites for hydroxylation is 2. The summed E-state index contributed by atoms with van der Waals surface area (Å²) < 4.78 is 3.12. The Bertz CT molecular complexity index is 7250. The maximum atomic E-state index is 9.25. The Balaban J connectivity index is 0.000000113. The number of halogens is 5. The predicted molar refractivity (Wildman–Crippen MR) is 442 cm³/mol. The number of aromatic nitrogens is 35. The molecule has 0 aliphatic rings. The summed E-state index contributed by atoms with van der Waals surface area (Å²) in [6.45, 7) is 0. The summed E-state index contributed by atoms with van der Waals surface area (Å²) >= 11 is 31.5. The van der Waals surface area contributed by atoms with Crippen LogP contribution >= 0.6 is 58.0 Å². The van der Waals surface area contributed by atoms with Crippen LogP contribution in [0.1, 0.15) is 28.5 Å². The van der Waals surface area contributed by atoms with E-state index in [1.54, 1.807) is 90.9 Å². The molecule has 0 spiro atoms. The first kappa shape index (κ1) is 78.3. The molecular formula is C72H44Cl5N45. The molecule has 0 amide bonds. The van der Waals surface area contributed by atoms with E-state index in [9.17, 15) is 26.3 Å². The molecule has 0 aliphatic carbocycles. The summed E-state index contributed by atoms with van der Waals surface area (Å²) in [4.78, 5) is 52.8. The Labute approximate surface area is 703 Å². The zero-order chi connectivity index (χ0) is 85.1. The van der Waals surface area contributed by atoms with Crippen molar-refractivity contribution in [2.75, 3.05) is 28.7 Å². The summed E-state index contributed by atoms with van der Waals surface area (Å²) in [6, 6.07) is 27.5. The molecular weight excluding hydrogens is 1670 g/mol. The van der Waals surface area contributed by atoms with Crippen LogP contribution in [0.5, 0.6) is 0 Å². The number of rotatable bonds is 10. The minimum atomic E-state index is 0.0168. The third-order valence-electron chi connectivity index (χ3n) is 17.7. The fraction of sp³-hybridized carbons (Fsp3) is 0.0278. The van der Waals surface area contributed by atoms with Gasteiger partial charge in [-0.3, -0.25) is 35.2 Å². The molecule has 15 aromatic heterocycles. The van der Waals surface area contributed by atoms with Crippen molar-refractivity contribution in [3.05, 3.63) is 183 Å². The highest BCUT2D eigenvalue weighted by Gasteiger charge is 2.26. The minimum Gasteiger partial charge on any atom is -0.381 e. The summed E-state index contributed by atoms with van der Waals surface area (Å²) in [7, 11) is 3.42. The molecule has 15 heterocycles. The van der Waals surface area contributed by atoms with Crippen molar-refractivity contribution in [1.29, 1.82) is 26.3 Å². The zero-order valence-electron chi connectivity index (χ0n) is 61.7. The fourth-order valence-electron chi connectivity index (χ4n) is 12.2. The molecule has 0 saturated carbocycles. The van der Waals surface area contributed by atoms with Gasteiger partial charge in [-0.1, -0.05) is 58.0 Å². The molecule has 0 atom stereocenters. The van der Waals surface area contributed by atoms with E-state index in [4.69, 9.17) is 86.7 Å². The van der Waals surface area contributed by atoms with Gasteiger partial charge in [0.2, 0.25) is 0 Å². The molecule has 0 saturated heterocycles. The average molecular weight is 1720 g/mol. The normalized spacial score (nSPS) is 10.9. The first-order chi connectivity index (χ1) is 59.1. The lowest BCUT2D eigenvalue weighted by Gasteiger charge is -2.10. The Morgan fingerprint density at radius 3 is 1.06 bits per heavy atom. The lowest BCUT2D eigenvalue weighted by atomic mass is 10.1. The topological polar surface area (TPSA) is 697 Å². The van der Waals surface area contributed by atoms with Gasteiger partial charge < -0.3 is 28.7 Å². The molecule has 0 bridgehead atoms. The van der Waals surface area contributed by atoms with Crippen molar-refractivity contribution < 1.29 is 0 Å². The number of hydrogen-bond acceptors (Lipinski definition) is 35. The maximum Gasteiger partial charge on any atom is 0.183 e. The summed E-state index contributed by atoms with van der Waals surface area (Å²) in [5.74, 6) is 1.38. The molecule has 0 aliphatic heterocycles. The van der Waals surface area contributed by atoms with Gasteiger partial charge in [0.15, 0.2) is 75.0 Å². The van der Waals surface area contributed by atoms with E-state index in [0.29, 0.717) is 144 Å². The van der Waals surface area contributed by atoms with Gasteiger partial charge in [-0.25, -0.2) is 64.5 Å². The number of nitrogens with zero attached hydrogens (tertiary/aromatic N) is 33. The largest absolute Gasteiger partial charge is 0.381 e. The van der Waals surface area contributed by atoms with E-state index in [1.807, 2.05) is 60.7 Å². The summed E-state index contributed by atoms with van der Waals surface area (Å²) in [5, 5.41) is 123. The van der Waals surface area contributed by atoms with Crippen LogP contribution in [0.25, 0.3) is 162 Å². The maximum absolute atomic E-state index is 9.25. The molecule has 0 radical (unpaired) electrons. The van der Waals surface area contributed by atoms with E-state index in [0.717, 1.165) is 43.5 Å². The van der Waals surface area contributed by atoms with Crippen molar-refractivity contribution in [3.8, 4) is 138 Å². The second-order valence-electron chi connectivity index (χ2n) is 25.3. The monoisotopic (exact) mass is 1710 g/mol. The van der Waals surface area contributed by atoms with Gasteiger partial charge in [0.25, 0.3) is 0 Å². The molecule has 0 unspecified atom stereocenters. The zero-order valence-corrected chi connectivity index (χ0v) is 65.4. The molecule has 20 rings (SSSR count). The van der Waals surface area contributed by atoms with Crippen molar-refractivity contribution >= 4 is 142 Å². The number of nitrogens with one attached hydrogen (secondary N) is 7. The average Bonchev–Trinajstić information content (AvgIpc) is 1.53. The molecule has 5 aromatic carbocycles. The van der Waals surface area contributed by atoms with Crippen LogP contribution in [0.15, 0.2) is 129 Å². The van der Waals surface area contributed by atoms with Crippen LogP contribution < -0.4 is 28.7 Å². The minimum absolute atomic E-state index is 0.0168. The predicted octanol–water partition coefficient (Wildman–Crippen LogP) is 9.38. The molecule has 0 fully saturated rings. The van der Waals surface area contributed by atoms with E-state index in [-0.39, 0.29) is 57.6 Å². The molecule has 122 heavy (non-hydrogen) atoms. The Morgan fingerprint density at radius 1 is 0.344 bits per heavy atom. The number of benzene rings is 5. The third-order valence-corrected chi connectivity index (χ3v) is 19.2. The Kier molecular flexibility index (Phi) is 21.2. The summed E-state index contributed by atoms with van der Waals surface area (Å²) in [6.07, 6.45) is 17.0. The number of H-pyrrole nitrogens is 7. The fourth-order valence-corrected chi connectivity index (χ4v) is 13.5. The second kappa shape index (κ2) is 33.0. The number of nitrogens with two attached hydrogens (primary N) is 5. The highest BCUT2D eigenvalue weighted by molar-refractivity contribution is 6.37. The standard InChI is InChI=1S/2C15H10ClN9.3C14H8ClN9/c1-25-15(19-6-21-25)13-12(22-10(4-17)14(18)23-13)7-2-8-5-20-24-11(8)9(16)3-7;1-25-20-6-11(24-25)14-13(21-10(4-17)15(18)22-14)7-2-8-5-19-23-12(8)9(16)3-7;15-9-2-7(1-8-4-18-23-11(8)9)12-14(24-5-19-20-6-24)22-13(17)10(3-16)21-12;15-8-2-6(1-7-4-19-23-10(7)8)11-12(14-18-5-20-24-14)22-13(17)9(3-16)21-11;15-8-2-6(1-7-4-18-23-11(7)8)12-13(10-5-19-24-22-10)21-14(17)9(3-16)20-12/h2-3,5-6H,1H3,(H2,18,23)(H,20,24);2-3,5-6H,1H3,(H2,18,22)(H,19,23);1-2,4-6H,(H2,17,22)(H,18,23);1-2,4-5H,(H2,17,22)(H,19,23)(H,18,20,24);1-2,4-5H,(H2,17,21)(H,18,23)(H,19,22,24). The first-order valence-corrected chi connectivity index (χ1v) is 36.4. The first-order valence-electron chi connectivity index (χ1n) is 34.5.